The first kappa shape index (κ1) is 23.1. The van der Waals surface area contributed by atoms with Gasteiger partial charge in [-0.15, -0.1) is 11.3 Å². The highest BCUT2D eigenvalue weighted by Crippen LogP contribution is 2.42. The summed E-state index contributed by atoms with van der Waals surface area (Å²) < 4.78 is 39.3. The van der Waals surface area contributed by atoms with Gasteiger partial charge in [-0.05, 0) is 30.7 Å². The van der Waals surface area contributed by atoms with E-state index in [0.29, 0.717) is 20.1 Å². The Morgan fingerprint density at radius 1 is 1.16 bits per heavy atom. The lowest BCUT2D eigenvalue weighted by molar-refractivity contribution is 0.0684. The lowest BCUT2D eigenvalue weighted by Gasteiger charge is -2.28. The molecule has 164 valence electrons. The van der Waals surface area contributed by atoms with E-state index in [-0.39, 0.29) is 45.0 Å². The standard InChI is InChI=1S/C20H14Cl4FNO3S2/c21-10-6-14(23)17-16(7-10)30-19(18(17)24)20(27)26(11-4-5-31(28,29)9-11)8-12-13(22)2-1-3-15(12)25/h1-3,6-7,11H,4-5,8-9H2. The van der Waals surface area contributed by atoms with Crippen LogP contribution in [0.25, 0.3) is 10.1 Å². The van der Waals surface area contributed by atoms with Gasteiger partial charge in [0.15, 0.2) is 9.84 Å². The van der Waals surface area contributed by atoms with E-state index in [1.54, 1.807) is 6.07 Å². The molecular weight excluding hydrogens is 527 g/mol. The topological polar surface area (TPSA) is 54.5 Å². The smallest absolute Gasteiger partial charge is 0.266 e. The Hall–Kier alpha value is -1.09. The minimum absolute atomic E-state index is 0.0476. The summed E-state index contributed by atoms with van der Waals surface area (Å²) in [6.07, 6.45) is 0.245. The van der Waals surface area contributed by atoms with Crippen LogP contribution in [0.2, 0.25) is 20.1 Å². The number of nitrogens with zero attached hydrogens (tertiary/aromatic N) is 1. The van der Waals surface area contributed by atoms with Gasteiger partial charge >= 0.3 is 0 Å². The fourth-order valence-electron chi connectivity index (χ4n) is 3.62. The summed E-state index contributed by atoms with van der Waals surface area (Å²) in [5.74, 6) is -1.35. The van der Waals surface area contributed by atoms with Gasteiger partial charge in [0.1, 0.15) is 10.7 Å². The molecule has 1 saturated heterocycles. The molecule has 11 heteroatoms. The van der Waals surface area contributed by atoms with Crippen LogP contribution in [0.5, 0.6) is 0 Å². The number of sulfone groups is 1. The van der Waals surface area contributed by atoms with E-state index >= 15 is 0 Å². The molecule has 1 aromatic heterocycles. The average molecular weight is 541 g/mol. The van der Waals surface area contributed by atoms with Crippen LogP contribution in [0.3, 0.4) is 0 Å². The SMILES string of the molecule is O=C(c1sc2cc(Cl)cc(Cl)c2c1Cl)N(Cc1c(F)cccc1Cl)C1CCS(=O)(=O)C1. The number of rotatable bonds is 4. The maximum absolute atomic E-state index is 14.5. The monoisotopic (exact) mass is 539 g/mol. The van der Waals surface area contributed by atoms with Crippen LogP contribution >= 0.6 is 57.7 Å². The van der Waals surface area contributed by atoms with Gasteiger partial charge < -0.3 is 4.90 Å². The molecule has 31 heavy (non-hydrogen) atoms. The summed E-state index contributed by atoms with van der Waals surface area (Å²) in [4.78, 5) is 15.1. The Morgan fingerprint density at radius 3 is 2.55 bits per heavy atom. The van der Waals surface area contributed by atoms with Crippen molar-refractivity contribution >= 4 is 83.6 Å². The third-order valence-electron chi connectivity index (χ3n) is 5.14. The number of carbonyl (C=O) groups excluding carboxylic acids is 1. The number of hydrogen-bond donors (Lipinski definition) is 0. The van der Waals surface area contributed by atoms with Crippen molar-refractivity contribution in [1.29, 1.82) is 0 Å². The Kier molecular flexibility index (Phi) is 6.47. The van der Waals surface area contributed by atoms with Gasteiger partial charge in [0.05, 0.1) is 28.1 Å². The molecule has 1 unspecified atom stereocenters. The zero-order chi connectivity index (χ0) is 22.5. The number of thiophene rings is 1. The van der Waals surface area contributed by atoms with Crippen molar-refractivity contribution in [3.63, 3.8) is 0 Å². The Morgan fingerprint density at radius 2 is 1.90 bits per heavy atom. The van der Waals surface area contributed by atoms with Gasteiger partial charge in [0, 0.05) is 31.7 Å². The molecule has 0 N–H and O–H groups in total. The molecule has 4 rings (SSSR count). The first-order chi connectivity index (χ1) is 14.6. The van der Waals surface area contributed by atoms with Crippen LogP contribution in [0, 0.1) is 5.82 Å². The third-order valence-corrected chi connectivity index (χ3v) is 9.38. The predicted molar refractivity (Wildman–Crippen MR) is 125 cm³/mol. The van der Waals surface area contributed by atoms with Crippen molar-refractivity contribution in [3.8, 4) is 0 Å². The number of hydrogen-bond acceptors (Lipinski definition) is 4. The van der Waals surface area contributed by atoms with Crippen LogP contribution in [0.1, 0.15) is 21.7 Å². The molecule has 0 bridgehead atoms. The molecule has 0 aliphatic carbocycles. The van der Waals surface area contributed by atoms with Crippen LogP contribution in [-0.2, 0) is 16.4 Å². The molecule has 0 spiro atoms. The summed E-state index contributed by atoms with van der Waals surface area (Å²) in [5.41, 5.74) is 0.111. The van der Waals surface area contributed by atoms with Crippen LogP contribution in [0.15, 0.2) is 30.3 Å². The largest absolute Gasteiger partial charge is 0.329 e. The third kappa shape index (κ3) is 4.54. The molecule has 3 aromatic rings. The second-order valence-corrected chi connectivity index (χ2v) is 12.1. The normalized spacial score (nSPS) is 17.9. The zero-order valence-electron chi connectivity index (χ0n) is 15.7. The molecule has 2 aromatic carbocycles. The number of benzene rings is 2. The number of halogens is 5. The predicted octanol–water partition coefficient (Wildman–Crippen LogP) is 6.48. The van der Waals surface area contributed by atoms with Gasteiger partial charge in [-0.2, -0.15) is 0 Å². The number of amides is 1. The number of carbonyl (C=O) groups is 1. The maximum Gasteiger partial charge on any atom is 0.266 e. The Bertz CT molecular complexity index is 1290. The highest BCUT2D eigenvalue weighted by molar-refractivity contribution is 7.91. The molecule has 1 aliphatic rings. The fourth-order valence-corrected chi connectivity index (χ4v) is 7.90. The summed E-state index contributed by atoms with van der Waals surface area (Å²) in [6.45, 7) is -0.191. The fraction of sp³-hybridized carbons (Fsp3) is 0.250. The van der Waals surface area contributed by atoms with Gasteiger partial charge in [-0.1, -0.05) is 52.5 Å². The highest BCUT2D eigenvalue weighted by atomic mass is 35.5. The van der Waals surface area contributed by atoms with Crippen LogP contribution in [0.4, 0.5) is 4.39 Å². The zero-order valence-corrected chi connectivity index (χ0v) is 20.3. The molecule has 1 amide bonds. The van der Waals surface area contributed by atoms with Gasteiger partial charge in [0.25, 0.3) is 5.91 Å². The molecule has 0 saturated carbocycles. The summed E-state index contributed by atoms with van der Waals surface area (Å²) in [6, 6.07) is 6.76. The van der Waals surface area contributed by atoms with Crippen molar-refractivity contribution in [2.24, 2.45) is 0 Å². The van der Waals surface area contributed by atoms with E-state index in [1.807, 2.05) is 0 Å². The van der Waals surface area contributed by atoms with Gasteiger partial charge in [-0.25, -0.2) is 12.8 Å². The summed E-state index contributed by atoms with van der Waals surface area (Å²) in [7, 11) is -3.30. The van der Waals surface area contributed by atoms with Crippen molar-refractivity contribution in [2.75, 3.05) is 11.5 Å². The minimum atomic E-state index is -3.30. The quantitative estimate of drug-likeness (QED) is 0.380. The van der Waals surface area contributed by atoms with E-state index < -0.39 is 27.6 Å². The van der Waals surface area contributed by atoms with E-state index in [1.165, 1.54) is 29.2 Å². The molecule has 1 atom stereocenters. The van der Waals surface area contributed by atoms with Gasteiger partial charge in [-0.3, -0.25) is 4.79 Å². The van der Waals surface area contributed by atoms with E-state index in [4.69, 9.17) is 46.4 Å². The molecule has 0 radical (unpaired) electrons. The van der Waals surface area contributed by atoms with Crippen molar-refractivity contribution < 1.29 is 17.6 Å². The minimum Gasteiger partial charge on any atom is -0.329 e. The van der Waals surface area contributed by atoms with Crippen molar-refractivity contribution in [2.45, 2.75) is 19.0 Å². The molecule has 1 fully saturated rings. The maximum atomic E-state index is 14.5. The van der Waals surface area contributed by atoms with E-state index in [2.05, 4.69) is 0 Å². The molecular formula is C20H14Cl4FNO3S2. The molecule has 2 heterocycles. The van der Waals surface area contributed by atoms with Gasteiger partial charge in [0.2, 0.25) is 0 Å². The lowest BCUT2D eigenvalue weighted by atomic mass is 10.1. The molecule has 4 nitrogen and oxygen atoms in total. The first-order valence-corrected chi connectivity index (χ1v) is 13.2. The first-order valence-electron chi connectivity index (χ1n) is 9.08. The van der Waals surface area contributed by atoms with Crippen molar-refractivity contribution in [3.05, 3.63) is 66.7 Å². The summed E-state index contributed by atoms with van der Waals surface area (Å²) in [5, 5.41) is 1.48. The summed E-state index contributed by atoms with van der Waals surface area (Å²) >= 11 is 26.1. The second kappa shape index (κ2) is 8.69. The van der Waals surface area contributed by atoms with E-state index in [0.717, 1.165) is 11.3 Å². The van der Waals surface area contributed by atoms with Crippen LogP contribution < -0.4 is 0 Å². The number of fused-ring (bicyclic) bond motifs is 1. The van der Waals surface area contributed by atoms with Crippen LogP contribution in [-0.4, -0.2) is 36.8 Å². The average Bonchev–Trinajstić information content (AvgIpc) is 3.20. The lowest BCUT2D eigenvalue weighted by Crippen LogP contribution is -2.40. The van der Waals surface area contributed by atoms with Crippen molar-refractivity contribution in [1.82, 2.24) is 4.90 Å². The second-order valence-electron chi connectivity index (χ2n) is 7.20. The van der Waals surface area contributed by atoms with E-state index in [9.17, 15) is 17.6 Å². The Labute approximate surface area is 202 Å². The molecule has 1 aliphatic heterocycles. The Balaban J connectivity index is 1.80. The highest BCUT2D eigenvalue weighted by Gasteiger charge is 2.37.